The Hall–Kier alpha value is -2.42. The molecule has 26 heavy (non-hydrogen) atoms. The van der Waals surface area contributed by atoms with Gasteiger partial charge in [0.1, 0.15) is 0 Å². The van der Waals surface area contributed by atoms with E-state index >= 15 is 0 Å². The molecule has 0 spiro atoms. The van der Waals surface area contributed by atoms with E-state index < -0.39 is 5.97 Å². The van der Waals surface area contributed by atoms with Crippen molar-refractivity contribution < 1.29 is 14.7 Å². The second-order valence-corrected chi connectivity index (χ2v) is 7.19. The van der Waals surface area contributed by atoms with E-state index in [2.05, 4.69) is 20.8 Å². The number of thioether (sulfide) groups is 1. The number of nitrogens with one attached hydrogen (secondary N) is 1. The van der Waals surface area contributed by atoms with E-state index in [1.54, 1.807) is 12.1 Å². The molecule has 8 nitrogen and oxygen atoms in total. The molecule has 2 aromatic rings. The van der Waals surface area contributed by atoms with Crippen LogP contribution in [-0.2, 0) is 11.3 Å². The third kappa shape index (κ3) is 4.81. The van der Waals surface area contributed by atoms with Gasteiger partial charge in [-0.3, -0.25) is 4.79 Å². The highest BCUT2D eigenvalue weighted by atomic mass is 32.2. The number of aromatic nitrogens is 4. The summed E-state index contributed by atoms with van der Waals surface area (Å²) < 4.78 is 1.83. The molecule has 1 aromatic carbocycles. The normalized spacial score (nSPS) is 14.9. The van der Waals surface area contributed by atoms with Crippen molar-refractivity contribution in [2.45, 2.75) is 49.8 Å². The number of carbonyl (C=O) groups is 2. The molecule has 1 aromatic heterocycles. The molecule has 3 rings (SSSR count). The number of hydrogen-bond donors (Lipinski definition) is 1. The Morgan fingerprint density at radius 1 is 1.27 bits per heavy atom. The van der Waals surface area contributed by atoms with Gasteiger partial charge in [-0.05, 0) is 40.5 Å². The minimum atomic E-state index is -1.23. The van der Waals surface area contributed by atoms with Crippen molar-refractivity contribution in [3.05, 3.63) is 35.4 Å². The number of carboxylic acid groups (broad SMARTS) is 1. The minimum Gasteiger partial charge on any atom is -0.545 e. The smallest absolute Gasteiger partial charge is 0.230 e. The zero-order chi connectivity index (χ0) is 18.4. The van der Waals surface area contributed by atoms with Crippen molar-refractivity contribution in [2.75, 3.05) is 5.75 Å². The number of rotatable bonds is 7. The van der Waals surface area contributed by atoms with Crippen LogP contribution in [0.2, 0.25) is 0 Å². The van der Waals surface area contributed by atoms with Gasteiger partial charge in [0.25, 0.3) is 0 Å². The van der Waals surface area contributed by atoms with Gasteiger partial charge in [-0.15, -0.1) is 5.10 Å². The van der Waals surface area contributed by atoms with Crippen LogP contribution in [0, 0.1) is 0 Å². The molecule has 1 saturated carbocycles. The third-order valence-corrected chi connectivity index (χ3v) is 5.30. The number of hydrogen-bond acceptors (Lipinski definition) is 7. The average molecular weight is 374 g/mol. The van der Waals surface area contributed by atoms with Crippen molar-refractivity contribution in [2.24, 2.45) is 0 Å². The van der Waals surface area contributed by atoms with Gasteiger partial charge < -0.3 is 15.2 Å². The fraction of sp³-hybridized carbons (Fsp3) is 0.471. The lowest BCUT2D eigenvalue weighted by Crippen LogP contribution is -2.26. The molecule has 0 atom stereocenters. The largest absolute Gasteiger partial charge is 0.545 e. The van der Waals surface area contributed by atoms with Crippen LogP contribution >= 0.6 is 11.8 Å². The highest BCUT2D eigenvalue weighted by molar-refractivity contribution is 7.99. The van der Waals surface area contributed by atoms with Crippen LogP contribution in [0.3, 0.4) is 0 Å². The predicted octanol–water partition coefficient (Wildman–Crippen LogP) is 0.950. The van der Waals surface area contributed by atoms with Crippen LogP contribution in [-0.4, -0.2) is 37.8 Å². The van der Waals surface area contributed by atoms with Crippen molar-refractivity contribution in [1.82, 2.24) is 25.5 Å². The molecule has 0 saturated heterocycles. The summed E-state index contributed by atoms with van der Waals surface area (Å²) in [6.07, 6.45) is 5.75. The lowest BCUT2D eigenvalue weighted by Gasteiger charge is -2.21. The van der Waals surface area contributed by atoms with Crippen molar-refractivity contribution in [3.63, 3.8) is 0 Å². The number of nitrogens with zero attached hydrogens (tertiary/aromatic N) is 4. The van der Waals surface area contributed by atoms with Crippen LogP contribution in [0.15, 0.2) is 29.4 Å². The van der Waals surface area contributed by atoms with Gasteiger partial charge in [-0.1, -0.05) is 49.2 Å². The molecule has 0 bridgehead atoms. The maximum atomic E-state index is 12.1. The number of carbonyl (C=O) groups excluding carboxylic acids is 2. The van der Waals surface area contributed by atoms with E-state index in [0.717, 1.165) is 12.8 Å². The number of carboxylic acids is 1. The number of amides is 1. The van der Waals surface area contributed by atoms with Crippen LogP contribution in [0.5, 0.6) is 0 Å². The fourth-order valence-electron chi connectivity index (χ4n) is 3.03. The number of aromatic carboxylic acids is 1. The molecular weight excluding hydrogens is 354 g/mol. The molecule has 1 amide bonds. The second kappa shape index (κ2) is 8.79. The fourth-order valence-corrected chi connectivity index (χ4v) is 3.80. The maximum Gasteiger partial charge on any atom is 0.230 e. The molecule has 1 heterocycles. The summed E-state index contributed by atoms with van der Waals surface area (Å²) in [5.41, 5.74) is 0.801. The Morgan fingerprint density at radius 3 is 2.85 bits per heavy atom. The van der Waals surface area contributed by atoms with Crippen molar-refractivity contribution in [3.8, 4) is 0 Å². The lowest BCUT2D eigenvalue weighted by molar-refractivity contribution is -0.255. The SMILES string of the molecule is O=C(CSc1nnnn1C1CCCCC1)NCc1cccc(C(=O)[O-])c1. The van der Waals surface area contributed by atoms with E-state index in [-0.39, 0.29) is 23.8 Å². The molecule has 1 aliphatic carbocycles. The quantitative estimate of drug-likeness (QED) is 0.718. The zero-order valence-electron chi connectivity index (χ0n) is 14.3. The van der Waals surface area contributed by atoms with Gasteiger partial charge in [-0.25, -0.2) is 4.68 Å². The third-order valence-electron chi connectivity index (χ3n) is 4.37. The molecule has 9 heteroatoms. The Labute approximate surface area is 155 Å². The second-order valence-electron chi connectivity index (χ2n) is 6.25. The van der Waals surface area contributed by atoms with Crippen LogP contribution in [0.4, 0.5) is 0 Å². The van der Waals surface area contributed by atoms with Crippen LogP contribution in [0.1, 0.15) is 54.1 Å². The van der Waals surface area contributed by atoms with Crippen molar-refractivity contribution in [1.29, 1.82) is 0 Å². The Morgan fingerprint density at radius 2 is 2.08 bits per heavy atom. The van der Waals surface area contributed by atoms with Gasteiger partial charge in [0.05, 0.1) is 17.8 Å². The van der Waals surface area contributed by atoms with Crippen molar-refractivity contribution >= 4 is 23.6 Å². The highest BCUT2D eigenvalue weighted by Crippen LogP contribution is 2.30. The summed E-state index contributed by atoms with van der Waals surface area (Å²) in [7, 11) is 0. The molecule has 1 fully saturated rings. The first-order chi connectivity index (χ1) is 12.6. The van der Waals surface area contributed by atoms with E-state index in [1.165, 1.54) is 43.2 Å². The first-order valence-electron chi connectivity index (χ1n) is 8.61. The molecule has 0 unspecified atom stereocenters. The average Bonchev–Trinajstić information content (AvgIpc) is 3.14. The lowest BCUT2D eigenvalue weighted by atomic mass is 9.96. The Kier molecular flexibility index (Phi) is 6.21. The topological polar surface area (TPSA) is 113 Å². The highest BCUT2D eigenvalue weighted by Gasteiger charge is 2.20. The molecular formula is C17H20N5O3S-. The maximum absolute atomic E-state index is 12.1. The molecule has 0 aliphatic heterocycles. The van der Waals surface area contributed by atoms with Crippen LogP contribution in [0.25, 0.3) is 0 Å². The van der Waals surface area contributed by atoms with Gasteiger partial charge in [0.15, 0.2) is 0 Å². The van der Waals surface area contributed by atoms with Gasteiger partial charge in [-0.2, -0.15) is 0 Å². The molecule has 1 aliphatic rings. The summed E-state index contributed by atoms with van der Waals surface area (Å²) in [6, 6.07) is 6.65. The Balaban J connectivity index is 1.50. The summed E-state index contributed by atoms with van der Waals surface area (Å²) in [6.45, 7) is 0.258. The predicted molar refractivity (Wildman–Crippen MR) is 93.3 cm³/mol. The van der Waals surface area contributed by atoms with E-state index in [1.807, 2.05) is 4.68 Å². The summed E-state index contributed by atoms with van der Waals surface area (Å²) in [5, 5.41) is 26.1. The van der Waals surface area contributed by atoms with Crippen LogP contribution < -0.4 is 10.4 Å². The zero-order valence-corrected chi connectivity index (χ0v) is 15.1. The molecule has 0 radical (unpaired) electrons. The summed E-state index contributed by atoms with van der Waals surface area (Å²) in [5.74, 6) is -1.19. The summed E-state index contributed by atoms with van der Waals surface area (Å²) >= 11 is 1.31. The Bertz CT molecular complexity index is 773. The summed E-state index contributed by atoms with van der Waals surface area (Å²) in [4.78, 5) is 22.9. The number of benzene rings is 1. The first kappa shape index (κ1) is 18.4. The van der Waals surface area contributed by atoms with Gasteiger partial charge in [0, 0.05) is 6.54 Å². The molecule has 138 valence electrons. The van der Waals surface area contributed by atoms with Gasteiger partial charge >= 0.3 is 0 Å². The van der Waals surface area contributed by atoms with E-state index in [9.17, 15) is 14.7 Å². The van der Waals surface area contributed by atoms with E-state index in [0.29, 0.717) is 16.8 Å². The van der Waals surface area contributed by atoms with Gasteiger partial charge in [0.2, 0.25) is 11.1 Å². The monoisotopic (exact) mass is 374 g/mol. The minimum absolute atomic E-state index is 0.0952. The first-order valence-corrected chi connectivity index (χ1v) is 9.59. The molecule has 1 N–H and O–H groups in total. The standard InChI is InChI=1S/C17H21N5O3S/c23-15(18-10-12-5-4-6-13(9-12)16(24)25)11-26-17-19-20-21-22(17)14-7-2-1-3-8-14/h4-6,9,14H,1-3,7-8,10-11H2,(H,18,23)(H,24,25)/p-1. The van der Waals surface area contributed by atoms with E-state index in [4.69, 9.17) is 0 Å². The number of tetrazole rings is 1.